The van der Waals surface area contributed by atoms with Crippen LogP contribution in [0.2, 0.25) is 0 Å². The summed E-state index contributed by atoms with van der Waals surface area (Å²) in [7, 11) is 0. The first-order valence-corrected chi connectivity index (χ1v) is 63.2. The lowest BCUT2D eigenvalue weighted by atomic mass is 10.2. The van der Waals surface area contributed by atoms with Crippen molar-refractivity contribution < 1.29 is 0 Å². The first-order valence-electron chi connectivity index (χ1n) is 56.9. The average Bonchev–Trinajstić information content (AvgIpc) is 0.941. The van der Waals surface area contributed by atoms with Gasteiger partial charge < -0.3 is 73.5 Å². The van der Waals surface area contributed by atoms with E-state index in [1.165, 1.54) is 596 Å². The molecular formula is C109H235I2N15. The highest BCUT2D eigenvalue weighted by Crippen LogP contribution is 2.16. The smallest absolute Gasteiger partial charge is 0 e. The minimum Gasteiger partial charge on any atom is -0.303 e. The van der Waals surface area contributed by atoms with Gasteiger partial charge in [-0.05, 0) is 494 Å². The number of hydrogen-bond donors (Lipinski definition) is 0. The van der Waals surface area contributed by atoms with Gasteiger partial charge in [0, 0.05) is 37.2 Å². The Morgan fingerprint density at radius 2 is 0.135 bits per heavy atom. The molecule has 0 aromatic carbocycles. The van der Waals surface area contributed by atoms with Crippen LogP contribution in [-0.4, -0.2) is 368 Å². The van der Waals surface area contributed by atoms with E-state index < -0.39 is 0 Å². The third-order valence-corrected chi connectivity index (χ3v) is 27.1. The van der Waals surface area contributed by atoms with Gasteiger partial charge in [0.2, 0.25) is 0 Å². The summed E-state index contributed by atoms with van der Waals surface area (Å²) in [5.41, 5.74) is 0. The van der Waals surface area contributed by atoms with E-state index >= 15 is 0 Å². The Morgan fingerprint density at radius 1 is 0.0794 bits per heavy atom. The molecule has 0 amide bonds. The predicted molar refractivity (Wildman–Crippen MR) is 588 cm³/mol. The quantitative estimate of drug-likeness (QED) is 0.0543. The zero-order chi connectivity index (χ0) is 92.7. The average molecular weight is 2010 g/mol. The van der Waals surface area contributed by atoms with Crippen molar-refractivity contribution in [3.63, 3.8) is 0 Å². The van der Waals surface area contributed by atoms with Crippen LogP contribution in [0, 0.1) is 0 Å². The molecule has 0 aliphatic carbocycles. The maximum atomic E-state index is 3.01. The lowest BCUT2D eigenvalue weighted by Crippen LogP contribution is -2.38. The Hall–Kier alpha value is 0.860. The van der Waals surface area contributed by atoms with Gasteiger partial charge in [0.25, 0.3) is 0 Å². The molecule has 0 radical (unpaired) electrons. The summed E-state index contributed by atoms with van der Waals surface area (Å²) in [5.74, 6) is 0. The highest BCUT2D eigenvalue weighted by molar-refractivity contribution is 15.0. The van der Waals surface area contributed by atoms with Crippen LogP contribution < -0.4 is 0 Å². The summed E-state index contributed by atoms with van der Waals surface area (Å²) >= 11 is 4.24. The van der Waals surface area contributed by atoms with Crippen LogP contribution >= 0.6 is 37.2 Å². The van der Waals surface area contributed by atoms with E-state index in [0.29, 0.717) is 0 Å². The molecule has 0 fully saturated rings. The third kappa shape index (κ3) is 83.1. The van der Waals surface area contributed by atoms with Crippen molar-refractivity contribution in [2.75, 3.05) is 295 Å². The highest BCUT2D eigenvalue weighted by atomic mass is 128. The molecule has 15 nitrogen and oxygen atoms in total. The van der Waals surface area contributed by atoms with Crippen molar-refractivity contribution >= 4 is 37.2 Å². The second-order valence-corrected chi connectivity index (χ2v) is 39.2. The molecule has 0 saturated carbocycles. The molecular weight excluding hydrogens is 1770 g/mol. The van der Waals surface area contributed by atoms with Crippen LogP contribution in [0.1, 0.15) is 419 Å². The van der Waals surface area contributed by atoms with Gasteiger partial charge >= 0.3 is 0 Å². The Balaban J connectivity index is 0. The minimum absolute atomic E-state index is 1.23. The monoisotopic (exact) mass is 2010 g/mol. The first kappa shape index (κ1) is 129. The highest BCUT2D eigenvalue weighted by Gasteiger charge is 2.20. The molecule has 0 bridgehead atoms. The summed E-state index contributed by atoms with van der Waals surface area (Å²) in [6.07, 6.45) is 61.5. The Morgan fingerprint density at radius 3 is 0.190 bits per heavy atom. The molecule has 0 atom stereocenters. The van der Waals surface area contributed by atoms with Crippen LogP contribution in [0.15, 0.2) is 0 Å². The van der Waals surface area contributed by atoms with Gasteiger partial charge in [-0.3, -0.25) is 0 Å². The van der Waals surface area contributed by atoms with E-state index in [-0.39, 0.29) is 0 Å². The van der Waals surface area contributed by atoms with Crippen molar-refractivity contribution in [1.82, 2.24) is 73.5 Å². The molecule has 0 saturated heterocycles. The Bertz CT molecular complexity index is 1600. The fourth-order valence-electron chi connectivity index (χ4n) is 18.7. The van der Waals surface area contributed by atoms with E-state index in [1.807, 2.05) is 0 Å². The lowest BCUT2D eigenvalue weighted by molar-refractivity contribution is 0.169. The van der Waals surface area contributed by atoms with Gasteiger partial charge in [0.05, 0.1) is 0 Å². The number of unbranched alkanes of at least 4 members (excludes halogenated alkanes) is 16. The minimum atomic E-state index is 1.23. The second-order valence-electron chi connectivity index (χ2n) is 39.2. The molecule has 0 N–H and O–H groups in total. The van der Waals surface area contributed by atoms with Gasteiger partial charge in [-0.1, -0.05) is 220 Å². The van der Waals surface area contributed by atoms with Crippen LogP contribution in [0.5, 0.6) is 0 Å². The van der Waals surface area contributed by atoms with Crippen LogP contribution in [0.25, 0.3) is 0 Å². The summed E-state index contributed by atoms with van der Waals surface area (Å²) in [6.45, 7) is 97.1. The molecule has 0 aromatic rings. The molecule has 0 aromatic heterocycles. The van der Waals surface area contributed by atoms with E-state index in [1.54, 1.807) is 0 Å². The van der Waals surface area contributed by atoms with Crippen molar-refractivity contribution in [2.24, 2.45) is 0 Å². The lowest BCUT2D eigenvalue weighted by Gasteiger charge is -2.31. The summed E-state index contributed by atoms with van der Waals surface area (Å²) in [5, 5.41) is 0. The summed E-state index contributed by atoms with van der Waals surface area (Å²) in [6, 6.07) is 0. The standard InChI is InChI=1S/C109H235N15.I2/c1-18-35-66-111(67-36-19-2)84-53-94-121(95-54-85-112(68-37-20-3)69-38-21-4)106-61-102-119(103-62-107-122(96-55-86-113(70-39-22-5)71-40-23-6)97-56-87-114(72-41-24-7)73-42-25-8)92-51-82-110(65-34-17)83-52-93-120(104-63-108-123(98-57-88-115(74-43-26-9)75-44-27-10)99-58-89-116(76-45-28-11)77-46-29-12)105-64-109-124(100-59-90-117(78-47-30-13)79-48-31-14)101-60-91-118(80-49-32-15)81-50-33-16;1-2/h18-109H2,1-17H3;. The number of rotatable bonds is 106. The predicted octanol–water partition coefficient (Wildman–Crippen LogP) is 26.0. The molecule has 760 valence electrons. The van der Waals surface area contributed by atoms with Gasteiger partial charge in [-0.25, -0.2) is 0 Å². The zero-order valence-electron chi connectivity index (χ0n) is 89.5. The van der Waals surface area contributed by atoms with Gasteiger partial charge in [-0.2, -0.15) is 0 Å². The molecule has 0 aliphatic heterocycles. The Labute approximate surface area is 818 Å². The molecule has 0 aliphatic rings. The summed E-state index contributed by atoms with van der Waals surface area (Å²) < 4.78 is 0. The van der Waals surface area contributed by atoms with E-state index in [9.17, 15) is 0 Å². The SMILES string of the molecule is CCCCN(CCCC)CCCN(CCCN(CCCC)CCCC)CCCN(CCCN(CCC)CCCN(CCCN(CCCN(CCCC)CCCC)CCCN(CCCC)CCCC)CCCN(CCCN(CCCC)CCCC)CCCN(CCCC)CCCC)CCCN(CCCN(CCCC)CCCC)CCCN(CCCC)CCCC.II. The number of nitrogens with zero attached hydrogens (tertiary/aromatic N) is 15. The normalized spacial score (nSPS) is 12.4. The van der Waals surface area contributed by atoms with Crippen molar-refractivity contribution in [3.05, 3.63) is 0 Å². The maximum absolute atomic E-state index is 3.01. The molecule has 126 heavy (non-hydrogen) atoms. The molecule has 0 rings (SSSR count). The van der Waals surface area contributed by atoms with E-state index in [2.05, 4.69) is 228 Å². The first-order chi connectivity index (χ1) is 61.9. The summed E-state index contributed by atoms with van der Waals surface area (Å²) in [4.78, 5) is 43.4. The molecule has 17 heteroatoms. The second kappa shape index (κ2) is 103. The van der Waals surface area contributed by atoms with Crippen LogP contribution in [0.3, 0.4) is 0 Å². The number of hydrogen-bond acceptors (Lipinski definition) is 15. The van der Waals surface area contributed by atoms with Gasteiger partial charge in [-0.15, -0.1) is 0 Å². The zero-order valence-corrected chi connectivity index (χ0v) is 93.8. The van der Waals surface area contributed by atoms with Crippen LogP contribution in [-0.2, 0) is 0 Å². The molecule has 0 spiro atoms. The van der Waals surface area contributed by atoms with Gasteiger partial charge in [0.15, 0.2) is 0 Å². The van der Waals surface area contributed by atoms with E-state index in [4.69, 9.17) is 0 Å². The van der Waals surface area contributed by atoms with Gasteiger partial charge in [0.1, 0.15) is 0 Å². The van der Waals surface area contributed by atoms with E-state index in [0.717, 1.165) is 0 Å². The largest absolute Gasteiger partial charge is 0.303 e. The van der Waals surface area contributed by atoms with Crippen LogP contribution in [0.4, 0.5) is 0 Å². The Kier molecular flexibility index (Phi) is 106. The topological polar surface area (TPSA) is 48.6 Å². The third-order valence-electron chi connectivity index (χ3n) is 27.1. The fourth-order valence-corrected chi connectivity index (χ4v) is 18.7. The maximum Gasteiger partial charge on any atom is 0 e. The van der Waals surface area contributed by atoms with Crippen molar-refractivity contribution in [3.8, 4) is 0 Å². The number of halogens is 2. The van der Waals surface area contributed by atoms with Crippen molar-refractivity contribution in [1.29, 1.82) is 0 Å². The fraction of sp³-hybridized carbons (Fsp3) is 1.00. The molecule has 0 unspecified atom stereocenters. The van der Waals surface area contributed by atoms with Crippen molar-refractivity contribution in [2.45, 2.75) is 419 Å². The molecule has 0 heterocycles.